The second kappa shape index (κ2) is 3.85. The molecule has 0 unspecified atom stereocenters. The van der Waals surface area contributed by atoms with Crippen LogP contribution in [0.2, 0.25) is 0 Å². The Bertz CT molecular complexity index is 307. The molecule has 0 aromatic carbocycles. The van der Waals surface area contributed by atoms with Gasteiger partial charge in [-0.1, -0.05) is 0 Å². The molecule has 0 saturated carbocycles. The first-order valence-corrected chi connectivity index (χ1v) is 6.06. The predicted molar refractivity (Wildman–Crippen MR) is 62.7 cm³/mol. The van der Waals surface area contributed by atoms with E-state index in [4.69, 9.17) is 9.31 Å². The quantitative estimate of drug-likeness (QED) is 0.638. The van der Waals surface area contributed by atoms with Gasteiger partial charge in [0, 0.05) is 0 Å². The smallest absolute Gasteiger partial charge is 0.399 e. The minimum Gasteiger partial charge on any atom is -0.399 e. The van der Waals surface area contributed by atoms with E-state index < -0.39 is 7.12 Å². The van der Waals surface area contributed by atoms with Gasteiger partial charge in [0.15, 0.2) is 0 Å². The second-order valence-corrected chi connectivity index (χ2v) is 5.73. The molecule has 0 spiro atoms. The Morgan fingerprint density at radius 1 is 1.00 bits per heavy atom. The van der Waals surface area contributed by atoms with Crippen LogP contribution in [0.5, 0.6) is 0 Å². The Morgan fingerprint density at radius 3 is 2.00 bits per heavy atom. The zero-order valence-corrected chi connectivity index (χ0v) is 10.6. The number of allylic oxidation sites excluding steroid dienone is 2. The minimum atomic E-state index is -0.481. The van der Waals surface area contributed by atoms with Gasteiger partial charge in [-0.15, -0.1) is 0 Å². The molecule has 0 aromatic heterocycles. The van der Waals surface area contributed by atoms with Gasteiger partial charge in [0.2, 0.25) is 0 Å². The first-order chi connectivity index (χ1) is 7.33. The average Bonchev–Trinajstić information content (AvgIpc) is 2.36. The maximum Gasteiger partial charge on any atom is 0.493 e. The van der Waals surface area contributed by atoms with Crippen LogP contribution in [0.3, 0.4) is 0 Å². The van der Waals surface area contributed by atoms with E-state index in [1.54, 1.807) is 0 Å². The van der Waals surface area contributed by atoms with Crippen LogP contribution in [-0.2, 0) is 9.31 Å². The Morgan fingerprint density at radius 2 is 1.50 bits per heavy atom. The van der Waals surface area contributed by atoms with Crippen molar-refractivity contribution >= 4 is 7.12 Å². The van der Waals surface area contributed by atoms with Crippen molar-refractivity contribution in [1.29, 1.82) is 0 Å². The zero-order valence-electron chi connectivity index (χ0n) is 10.6. The molecule has 2 nitrogen and oxygen atoms in total. The SMILES string of the molecule is CC1(C)OB(C2=C(F)CCCC2)OC1(C)C. The van der Waals surface area contributed by atoms with Crippen LogP contribution in [0.15, 0.2) is 11.3 Å². The molecule has 1 heterocycles. The fourth-order valence-electron chi connectivity index (χ4n) is 2.12. The fourth-order valence-corrected chi connectivity index (χ4v) is 2.12. The standard InChI is InChI=1S/C12H20BFO2/c1-11(2)12(3,4)16-13(15-11)9-7-5-6-8-10(9)14/h5-8H2,1-4H3. The van der Waals surface area contributed by atoms with Gasteiger partial charge in [-0.3, -0.25) is 0 Å². The summed E-state index contributed by atoms with van der Waals surface area (Å²) in [6, 6.07) is 0. The molecule has 4 heteroatoms. The summed E-state index contributed by atoms with van der Waals surface area (Å²) in [5.41, 5.74) is -0.0185. The van der Waals surface area contributed by atoms with Crippen molar-refractivity contribution in [2.45, 2.75) is 64.6 Å². The van der Waals surface area contributed by atoms with Crippen LogP contribution >= 0.6 is 0 Å². The second-order valence-electron chi connectivity index (χ2n) is 5.73. The molecule has 0 N–H and O–H groups in total. The van der Waals surface area contributed by atoms with Gasteiger partial charge in [-0.25, -0.2) is 4.39 Å². The predicted octanol–water partition coefficient (Wildman–Crippen LogP) is 3.42. The van der Waals surface area contributed by atoms with Gasteiger partial charge in [0.1, 0.15) is 0 Å². The summed E-state index contributed by atoms with van der Waals surface area (Å²) in [6.07, 6.45) is 3.28. The lowest BCUT2D eigenvalue weighted by Gasteiger charge is -2.32. The molecular formula is C12H20BFO2. The van der Waals surface area contributed by atoms with E-state index >= 15 is 0 Å². The molecule has 16 heavy (non-hydrogen) atoms. The van der Waals surface area contributed by atoms with E-state index in [0.717, 1.165) is 24.7 Å². The van der Waals surface area contributed by atoms with Crippen LogP contribution in [-0.4, -0.2) is 18.3 Å². The third-order valence-corrected chi connectivity index (χ3v) is 3.98. The Hall–Kier alpha value is -0.345. The highest BCUT2D eigenvalue weighted by atomic mass is 19.1. The molecule has 90 valence electrons. The highest BCUT2D eigenvalue weighted by molar-refractivity contribution is 6.54. The van der Waals surface area contributed by atoms with Gasteiger partial charge >= 0.3 is 7.12 Å². The van der Waals surface area contributed by atoms with Crippen LogP contribution < -0.4 is 0 Å². The van der Waals surface area contributed by atoms with Crippen LogP contribution in [0, 0.1) is 0 Å². The van der Waals surface area contributed by atoms with E-state index in [-0.39, 0.29) is 17.0 Å². The molecule has 0 atom stereocenters. The summed E-state index contributed by atoms with van der Waals surface area (Å²) >= 11 is 0. The van der Waals surface area contributed by atoms with Crippen LogP contribution in [0.25, 0.3) is 0 Å². The molecule has 1 fully saturated rings. The van der Waals surface area contributed by atoms with Crippen molar-refractivity contribution in [2.24, 2.45) is 0 Å². The van der Waals surface area contributed by atoms with Gasteiger partial charge in [-0.05, 0) is 58.9 Å². The third kappa shape index (κ3) is 1.93. The number of halogens is 1. The third-order valence-electron chi connectivity index (χ3n) is 3.98. The first-order valence-electron chi connectivity index (χ1n) is 6.06. The van der Waals surface area contributed by atoms with Gasteiger partial charge in [-0.2, -0.15) is 0 Å². The molecule has 0 bridgehead atoms. The average molecular weight is 226 g/mol. The monoisotopic (exact) mass is 226 g/mol. The van der Waals surface area contributed by atoms with E-state index in [1.165, 1.54) is 0 Å². The molecule has 1 saturated heterocycles. The normalized spacial score (nSPS) is 28.7. The maximum absolute atomic E-state index is 13.7. The van der Waals surface area contributed by atoms with Crippen molar-refractivity contribution in [3.05, 3.63) is 11.3 Å². The summed E-state index contributed by atoms with van der Waals surface area (Å²) in [5, 5.41) is 0. The van der Waals surface area contributed by atoms with Crippen LogP contribution in [0.4, 0.5) is 4.39 Å². The Kier molecular flexibility index (Phi) is 2.91. The molecule has 0 aromatic rings. The highest BCUT2D eigenvalue weighted by Crippen LogP contribution is 2.41. The Balaban J connectivity index is 2.20. The van der Waals surface area contributed by atoms with Crippen molar-refractivity contribution < 1.29 is 13.7 Å². The molecule has 0 amide bonds. The van der Waals surface area contributed by atoms with E-state index in [0.29, 0.717) is 6.42 Å². The number of hydrogen-bond acceptors (Lipinski definition) is 2. The zero-order chi connectivity index (χ0) is 12.0. The molecular weight excluding hydrogens is 206 g/mol. The van der Waals surface area contributed by atoms with E-state index in [9.17, 15) is 4.39 Å². The topological polar surface area (TPSA) is 18.5 Å². The van der Waals surface area contributed by atoms with Gasteiger partial charge in [0.05, 0.1) is 17.0 Å². The lowest BCUT2D eigenvalue weighted by molar-refractivity contribution is 0.00578. The summed E-state index contributed by atoms with van der Waals surface area (Å²) in [4.78, 5) is 0. The summed E-state index contributed by atoms with van der Waals surface area (Å²) in [7, 11) is -0.481. The highest BCUT2D eigenvalue weighted by Gasteiger charge is 2.53. The first kappa shape index (κ1) is 12.1. The molecule has 2 rings (SSSR count). The summed E-state index contributed by atoms with van der Waals surface area (Å²) in [6.45, 7) is 7.98. The van der Waals surface area contributed by atoms with Gasteiger partial charge < -0.3 is 9.31 Å². The maximum atomic E-state index is 13.7. The lowest BCUT2D eigenvalue weighted by atomic mass is 9.72. The van der Waals surface area contributed by atoms with Gasteiger partial charge in [0.25, 0.3) is 0 Å². The van der Waals surface area contributed by atoms with Crippen LogP contribution in [0.1, 0.15) is 53.4 Å². The van der Waals surface area contributed by atoms with Crippen molar-refractivity contribution in [2.75, 3.05) is 0 Å². The number of rotatable bonds is 1. The van der Waals surface area contributed by atoms with Crippen molar-refractivity contribution in [1.82, 2.24) is 0 Å². The summed E-state index contributed by atoms with van der Waals surface area (Å²) < 4.78 is 25.4. The van der Waals surface area contributed by atoms with E-state index in [2.05, 4.69) is 0 Å². The molecule has 1 aliphatic carbocycles. The molecule has 1 aliphatic heterocycles. The molecule has 0 radical (unpaired) electrons. The lowest BCUT2D eigenvalue weighted by Crippen LogP contribution is -2.41. The van der Waals surface area contributed by atoms with E-state index in [1.807, 2.05) is 27.7 Å². The van der Waals surface area contributed by atoms with Crippen molar-refractivity contribution in [3.63, 3.8) is 0 Å². The largest absolute Gasteiger partial charge is 0.493 e. The fraction of sp³-hybridized carbons (Fsp3) is 0.833. The summed E-state index contributed by atoms with van der Waals surface area (Å²) in [5.74, 6) is -0.0234. The Labute approximate surface area is 97.3 Å². The minimum absolute atomic E-state index is 0.0234. The number of hydrogen-bond donors (Lipinski definition) is 0. The molecule has 2 aliphatic rings. The van der Waals surface area contributed by atoms with Crippen molar-refractivity contribution in [3.8, 4) is 0 Å².